The second-order valence-electron chi connectivity index (χ2n) is 8.07. The maximum Gasteiger partial charge on any atom is 0.264 e. The highest BCUT2D eigenvalue weighted by molar-refractivity contribution is 9.10. The van der Waals surface area contributed by atoms with Crippen LogP contribution in [0.3, 0.4) is 0 Å². The fourth-order valence-corrected chi connectivity index (χ4v) is 6.77. The van der Waals surface area contributed by atoms with Gasteiger partial charge in [0.25, 0.3) is 15.9 Å². The highest BCUT2D eigenvalue weighted by atomic mass is 79.9. The van der Waals surface area contributed by atoms with Gasteiger partial charge in [0, 0.05) is 22.3 Å². The van der Waals surface area contributed by atoms with Crippen LogP contribution in [-0.2, 0) is 10.0 Å². The van der Waals surface area contributed by atoms with Crippen LogP contribution in [0, 0.1) is 0 Å². The maximum atomic E-state index is 13.2. The SMILES string of the molecule is CCN(c1ccc2sc(C(=O)NCCC3=CCCCC3)cc2c1)S(=O)(=O)c1ccc(Br)cc1. The van der Waals surface area contributed by atoms with Gasteiger partial charge < -0.3 is 5.32 Å². The molecule has 2 aromatic carbocycles. The molecule has 1 N–H and O–H groups in total. The van der Waals surface area contributed by atoms with Gasteiger partial charge in [0.2, 0.25) is 0 Å². The zero-order valence-electron chi connectivity index (χ0n) is 18.5. The summed E-state index contributed by atoms with van der Waals surface area (Å²) in [4.78, 5) is 13.6. The minimum atomic E-state index is -3.69. The Hall–Kier alpha value is -2.16. The van der Waals surface area contributed by atoms with E-state index in [2.05, 4.69) is 27.3 Å². The van der Waals surface area contributed by atoms with E-state index >= 15 is 0 Å². The van der Waals surface area contributed by atoms with Gasteiger partial charge in [-0.15, -0.1) is 11.3 Å². The zero-order valence-corrected chi connectivity index (χ0v) is 21.7. The number of carbonyl (C=O) groups excluding carboxylic acids is 1. The van der Waals surface area contributed by atoms with E-state index in [4.69, 9.17) is 0 Å². The summed E-state index contributed by atoms with van der Waals surface area (Å²) in [5, 5.41) is 3.89. The third kappa shape index (κ3) is 5.50. The van der Waals surface area contributed by atoms with E-state index in [-0.39, 0.29) is 10.8 Å². The van der Waals surface area contributed by atoms with Crippen LogP contribution in [0.15, 0.2) is 69.5 Å². The third-order valence-corrected chi connectivity index (χ3v) is 9.38. The highest BCUT2D eigenvalue weighted by Crippen LogP contribution is 2.32. The molecule has 1 heterocycles. The van der Waals surface area contributed by atoms with Gasteiger partial charge in [-0.05, 0) is 92.9 Å². The first-order valence-electron chi connectivity index (χ1n) is 11.2. The van der Waals surface area contributed by atoms with E-state index in [9.17, 15) is 13.2 Å². The lowest BCUT2D eigenvalue weighted by Gasteiger charge is -2.23. The van der Waals surface area contributed by atoms with Crippen molar-refractivity contribution in [2.45, 2.75) is 43.9 Å². The van der Waals surface area contributed by atoms with Crippen LogP contribution in [0.1, 0.15) is 48.7 Å². The first-order chi connectivity index (χ1) is 15.9. The van der Waals surface area contributed by atoms with Gasteiger partial charge in [-0.1, -0.05) is 27.6 Å². The number of halogens is 1. The van der Waals surface area contributed by atoms with Crippen molar-refractivity contribution in [2.24, 2.45) is 0 Å². The Labute approximate surface area is 207 Å². The average molecular weight is 548 g/mol. The fraction of sp³-hybridized carbons (Fsp3) is 0.320. The van der Waals surface area contributed by atoms with E-state index in [1.807, 2.05) is 25.1 Å². The number of amides is 1. The summed E-state index contributed by atoms with van der Waals surface area (Å²) >= 11 is 4.77. The summed E-state index contributed by atoms with van der Waals surface area (Å²) < 4.78 is 29.6. The Balaban J connectivity index is 1.51. The average Bonchev–Trinajstić information content (AvgIpc) is 3.24. The van der Waals surface area contributed by atoms with Gasteiger partial charge in [-0.2, -0.15) is 0 Å². The number of carbonyl (C=O) groups is 1. The number of sulfonamides is 1. The molecular weight excluding hydrogens is 520 g/mol. The molecule has 0 spiro atoms. The number of allylic oxidation sites excluding steroid dienone is 1. The number of fused-ring (bicyclic) bond motifs is 1. The summed E-state index contributed by atoms with van der Waals surface area (Å²) in [6, 6.07) is 14.0. The molecule has 0 radical (unpaired) electrons. The standard InChI is InChI=1S/C25H27BrN2O3S2/c1-2-28(33(30,31)22-11-8-20(26)9-12-22)21-10-13-23-19(16-21)17-24(32-23)25(29)27-15-14-18-6-4-3-5-7-18/h6,8-13,16-17H,2-5,7,14-15H2,1H3,(H,27,29). The van der Waals surface area contributed by atoms with Crippen molar-refractivity contribution in [3.63, 3.8) is 0 Å². The Bertz CT molecular complexity index is 1280. The first-order valence-corrected chi connectivity index (χ1v) is 14.2. The van der Waals surface area contributed by atoms with Gasteiger partial charge >= 0.3 is 0 Å². The minimum absolute atomic E-state index is 0.0796. The molecule has 5 nitrogen and oxygen atoms in total. The van der Waals surface area contributed by atoms with Crippen molar-refractivity contribution >= 4 is 59.0 Å². The van der Waals surface area contributed by atoms with Crippen LogP contribution in [0.5, 0.6) is 0 Å². The van der Waals surface area contributed by atoms with Gasteiger partial charge in [0.1, 0.15) is 0 Å². The second kappa shape index (κ2) is 10.4. The smallest absolute Gasteiger partial charge is 0.264 e. The molecule has 33 heavy (non-hydrogen) atoms. The molecule has 0 atom stereocenters. The van der Waals surface area contributed by atoms with Crippen molar-refractivity contribution in [3.05, 3.63) is 69.5 Å². The van der Waals surface area contributed by atoms with Crippen molar-refractivity contribution < 1.29 is 13.2 Å². The topological polar surface area (TPSA) is 66.5 Å². The summed E-state index contributed by atoms with van der Waals surface area (Å²) in [6.45, 7) is 2.76. The molecular formula is C25H27BrN2O3S2. The Morgan fingerprint density at radius 3 is 2.61 bits per heavy atom. The van der Waals surface area contributed by atoms with Gasteiger partial charge in [0.05, 0.1) is 15.5 Å². The summed E-state index contributed by atoms with van der Waals surface area (Å²) in [6.07, 6.45) is 8.00. The Morgan fingerprint density at radius 1 is 1.12 bits per heavy atom. The predicted molar refractivity (Wildman–Crippen MR) is 140 cm³/mol. The van der Waals surface area contributed by atoms with E-state index in [0.29, 0.717) is 23.7 Å². The number of thiophene rings is 1. The Morgan fingerprint density at radius 2 is 1.91 bits per heavy atom. The largest absolute Gasteiger partial charge is 0.351 e. The van der Waals surface area contributed by atoms with Crippen LogP contribution >= 0.6 is 27.3 Å². The van der Waals surface area contributed by atoms with Crippen molar-refractivity contribution in [1.82, 2.24) is 5.32 Å². The summed E-state index contributed by atoms with van der Waals surface area (Å²) in [7, 11) is -3.69. The molecule has 1 amide bonds. The lowest BCUT2D eigenvalue weighted by atomic mass is 9.97. The van der Waals surface area contributed by atoms with Crippen molar-refractivity contribution in [3.8, 4) is 0 Å². The number of rotatable bonds is 8. The molecule has 1 aliphatic carbocycles. The minimum Gasteiger partial charge on any atom is -0.351 e. The first kappa shape index (κ1) is 24.0. The number of benzene rings is 2. The van der Waals surface area contributed by atoms with Crippen molar-refractivity contribution in [2.75, 3.05) is 17.4 Å². The summed E-state index contributed by atoms with van der Waals surface area (Å²) in [5.41, 5.74) is 2.02. The number of nitrogens with one attached hydrogen (secondary N) is 1. The van der Waals surface area contributed by atoms with Crippen molar-refractivity contribution in [1.29, 1.82) is 0 Å². The highest BCUT2D eigenvalue weighted by Gasteiger charge is 2.24. The number of hydrogen-bond donors (Lipinski definition) is 1. The van der Waals surface area contributed by atoms with Crippen LogP contribution in [0.2, 0.25) is 0 Å². The number of hydrogen-bond acceptors (Lipinski definition) is 4. The summed E-state index contributed by atoms with van der Waals surface area (Å²) in [5.74, 6) is -0.0796. The molecule has 0 unspecified atom stereocenters. The molecule has 174 valence electrons. The molecule has 1 aliphatic rings. The van der Waals surface area contributed by atoms with E-state index < -0.39 is 10.0 Å². The molecule has 8 heteroatoms. The third-order valence-electron chi connectivity index (χ3n) is 5.82. The quantitative estimate of drug-likeness (QED) is 0.328. The maximum absolute atomic E-state index is 13.2. The molecule has 3 aromatic rings. The molecule has 0 aliphatic heterocycles. The number of nitrogens with zero attached hydrogens (tertiary/aromatic N) is 1. The fourth-order valence-electron chi connectivity index (χ4n) is 4.08. The molecule has 0 bridgehead atoms. The predicted octanol–water partition coefficient (Wildman–Crippen LogP) is 6.50. The molecule has 1 aromatic heterocycles. The molecule has 4 rings (SSSR count). The van der Waals surface area contributed by atoms with E-state index in [1.165, 1.54) is 34.1 Å². The normalized spacial score (nSPS) is 14.2. The Kier molecular flexibility index (Phi) is 7.56. The zero-order chi connectivity index (χ0) is 23.4. The molecule has 0 fully saturated rings. The molecule has 0 saturated carbocycles. The monoisotopic (exact) mass is 546 g/mol. The van der Waals surface area contributed by atoms with Gasteiger partial charge in [-0.25, -0.2) is 8.42 Å². The second-order valence-corrected chi connectivity index (χ2v) is 11.9. The molecule has 0 saturated heterocycles. The van der Waals surface area contributed by atoms with Crippen LogP contribution in [0.4, 0.5) is 5.69 Å². The number of anilines is 1. The lowest BCUT2D eigenvalue weighted by Crippen LogP contribution is -2.30. The van der Waals surface area contributed by atoms with Crippen LogP contribution < -0.4 is 9.62 Å². The van der Waals surface area contributed by atoms with Crippen LogP contribution in [0.25, 0.3) is 10.1 Å². The van der Waals surface area contributed by atoms with Gasteiger partial charge in [-0.3, -0.25) is 9.10 Å². The van der Waals surface area contributed by atoms with E-state index in [0.717, 1.165) is 33.8 Å². The van der Waals surface area contributed by atoms with E-state index in [1.54, 1.807) is 30.3 Å². The van der Waals surface area contributed by atoms with Gasteiger partial charge in [0.15, 0.2) is 0 Å². The van der Waals surface area contributed by atoms with Crippen LogP contribution in [-0.4, -0.2) is 27.4 Å². The lowest BCUT2D eigenvalue weighted by molar-refractivity contribution is 0.0958.